The summed E-state index contributed by atoms with van der Waals surface area (Å²) in [5, 5.41) is 5.65. The van der Waals surface area contributed by atoms with Crippen molar-refractivity contribution in [2.45, 2.75) is 56.9 Å². The van der Waals surface area contributed by atoms with Crippen LogP contribution < -0.4 is 5.32 Å². The maximum Gasteiger partial charge on any atom is 0.150 e. The molecule has 1 aliphatic carbocycles. The normalized spacial score (nSPS) is 25.8. The first-order chi connectivity index (χ1) is 9.38. The fourth-order valence-corrected chi connectivity index (χ4v) is 5.15. The maximum absolute atomic E-state index is 11.8. The molecule has 0 amide bonds. The lowest BCUT2D eigenvalue weighted by Gasteiger charge is -2.33. The van der Waals surface area contributed by atoms with E-state index in [9.17, 15) is 8.42 Å². The van der Waals surface area contributed by atoms with E-state index >= 15 is 0 Å². The number of sulfone groups is 1. The highest BCUT2D eigenvalue weighted by Gasteiger charge is 2.30. The third-order valence-corrected chi connectivity index (χ3v) is 6.76. The van der Waals surface area contributed by atoms with E-state index in [1.54, 1.807) is 11.3 Å². The van der Waals surface area contributed by atoms with Crippen LogP contribution in [0.25, 0.3) is 0 Å². The minimum Gasteiger partial charge on any atom is -0.306 e. The van der Waals surface area contributed by atoms with Crippen LogP contribution in [0, 0.1) is 5.92 Å². The van der Waals surface area contributed by atoms with Crippen molar-refractivity contribution in [3.05, 3.63) is 22.4 Å². The van der Waals surface area contributed by atoms with Gasteiger partial charge in [0.2, 0.25) is 0 Å². The van der Waals surface area contributed by atoms with E-state index in [0.717, 1.165) is 25.7 Å². The predicted molar refractivity (Wildman–Crippen MR) is 85.9 cm³/mol. The molecule has 1 N–H and O–H groups in total. The summed E-state index contributed by atoms with van der Waals surface area (Å²) in [6.45, 7) is 4.43. The lowest BCUT2D eigenvalue weighted by atomic mass is 9.92. The Hall–Kier alpha value is -0.390. The first kappa shape index (κ1) is 16.0. The zero-order chi connectivity index (χ0) is 14.8. The summed E-state index contributed by atoms with van der Waals surface area (Å²) < 4.78 is 23.5. The average Bonchev–Trinajstić information content (AvgIpc) is 2.88. The highest BCUT2D eigenvalue weighted by molar-refractivity contribution is 7.91. The second-order valence-electron chi connectivity index (χ2n) is 6.22. The van der Waals surface area contributed by atoms with Gasteiger partial charge in [-0.25, -0.2) is 8.42 Å². The molecule has 3 nitrogen and oxygen atoms in total. The Morgan fingerprint density at radius 3 is 2.65 bits per heavy atom. The quantitative estimate of drug-likeness (QED) is 0.906. The molecule has 0 saturated heterocycles. The van der Waals surface area contributed by atoms with Gasteiger partial charge in [0.1, 0.15) is 9.84 Å². The maximum atomic E-state index is 11.8. The van der Waals surface area contributed by atoms with Crippen LogP contribution in [-0.4, -0.2) is 26.0 Å². The number of rotatable bonds is 5. The smallest absolute Gasteiger partial charge is 0.150 e. The van der Waals surface area contributed by atoms with Crippen LogP contribution in [0.3, 0.4) is 0 Å². The van der Waals surface area contributed by atoms with E-state index in [1.807, 2.05) is 0 Å². The Morgan fingerprint density at radius 2 is 2.10 bits per heavy atom. The SMILES string of the molecule is CC(C)C(NC1CCCC(S(C)(=O)=O)C1)c1cccs1. The first-order valence-corrected chi connectivity index (χ1v) is 10.2. The Bertz CT molecular complexity index is 508. The molecule has 1 fully saturated rings. The molecular formula is C15H25NO2S2. The highest BCUT2D eigenvalue weighted by atomic mass is 32.2. The fraction of sp³-hybridized carbons (Fsp3) is 0.733. The van der Waals surface area contributed by atoms with Crippen LogP contribution in [0.1, 0.15) is 50.4 Å². The molecule has 1 aromatic heterocycles. The van der Waals surface area contributed by atoms with E-state index in [4.69, 9.17) is 0 Å². The summed E-state index contributed by atoms with van der Waals surface area (Å²) in [6, 6.07) is 4.90. The standard InChI is InChI=1S/C15H25NO2S2/c1-11(2)15(14-8-5-9-19-14)16-12-6-4-7-13(10-12)20(3,17)18/h5,8-9,11-13,15-16H,4,6-7,10H2,1-3H3. The van der Waals surface area contributed by atoms with Gasteiger partial charge < -0.3 is 5.32 Å². The van der Waals surface area contributed by atoms with Gasteiger partial charge in [0.05, 0.1) is 5.25 Å². The molecule has 0 aromatic carbocycles. The number of hydrogen-bond donors (Lipinski definition) is 1. The minimum atomic E-state index is -2.91. The lowest BCUT2D eigenvalue weighted by Crippen LogP contribution is -2.41. The third-order valence-electron chi connectivity index (χ3n) is 4.16. The average molecular weight is 316 g/mol. The molecule has 20 heavy (non-hydrogen) atoms. The zero-order valence-electron chi connectivity index (χ0n) is 12.5. The van der Waals surface area contributed by atoms with Crippen LogP contribution in [0.15, 0.2) is 17.5 Å². The highest BCUT2D eigenvalue weighted by Crippen LogP contribution is 2.30. The van der Waals surface area contributed by atoms with E-state index in [1.165, 1.54) is 11.1 Å². The topological polar surface area (TPSA) is 46.2 Å². The number of hydrogen-bond acceptors (Lipinski definition) is 4. The summed E-state index contributed by atoms with van der Waals surface area (Å²) in [6.07, 6.45) is 5.04. The van der Waals surface area contributed by atoms with Crippen molar-refractivity contribution in [1.29, 1.82) is 0 Å². The van der Waals surface area contributed by atoms with Crippen LogP contribution in [0.4, 0.5) is 0 Å². The molecule has 3 unspecified atom stereocenters. The predicted octanol–water partition coefficient (Wildman–Crippen LogP) is 3.39. The van der Waals surface area contributed by atoms with Crippen LogP contribution in [0.5, 0.6) is 0 Å². The summed E-state index contributed by atoms with van der Waals surface area (Å²) in [5.41, 5.74) is 0. The molecule has 0 radical (unpaired) electrons. The molecule has 1 aliphatic rings. The monoisotopic (exact) mass is 315 g/mol. The molecule has 1 aromatic rings. The Kier molecular flexibility index (Phi) is 5.26. The van der Waals surface area contributed by atoms with Gasteiger partial charge >= 0.3 is 0 Å². The second kappa shape index (κ2) is 6.58. The third kappa shape index (κ3) is 4.06. The number of nitrogens with one attached hydrogen (secondary N) is 1. The summed E-state index contributed by atoms with van der Waals surface area (Å²) in [7, 11) is -2.91. The van der Waals surface area contributed by atoms with E-state index in [0.29, 0.717) is 18.0 Å². The summed E-state index contributed by atoms with van der Waals surface area (Å²) >= 11 is 1.77. The fourth-order valence-electron chi connectivity index (χ4n) is 3.01. The van der Waals surface area contributed by atoms with E-state index in [2.05, 4.69) is 36.7 Å². The van der Waals surface area contributed by atoms with Crippen molar-refractivity contribution in [2.75, 3.05) is 6.26 Å². The van der Waals surface area contributed by atoms with E-state index in [-0.39, 0.29) is 5.25 Å². The van der Waals surface area contributed by atoms with Crippen molar-refractivity contribution in [1.82, 2.24) is 5.32 Å². The molecule has 1 heterocycles. The summed E-state index contributed by atoms with van der Waals surface area (Å²) in [5.74, 6) is 0.507. The largest absolute Gasteiger partial charge is 0.306 e. The van der Waals surface area contributed by atoms with Crippen molar-refractivity contribution in [3.63, 3.8) is 0 Å². The van der Waals surface area contributed by atoms with Gasteiger partial charge in [-0.2, -0.15) is 0 Å². The Labute approximate surface area is 126 Å². The van der Waals surface area contributed by atoms with Crippen molar-refractivity contribution >= 4 is 21.2 Å². The minimum absolute atomic E-state index is 0.162. The van der Waals surface area contributed by atoms with Gasteiger partial charge in [0.25, 0.3) is 0 Å². The van der Waals surface area contributed by atoms with Crippen molar-refractivity contribution in [2.24, 2.45) is 5.92 Å². The Balaban J connectivity index is 2.04. The second-order valence-corrected chi connectivity index (χ2v) is 9.52. The number of thiophene rings is 1. The van der Waals surface area contributed by atoms with Crippen molar-refractivity contribution in [3.8, 4) is 0 Å². The van der Waals surface area contributed by atoms with Gasteiger partial charge in [-0.15, -0.1) is 11.3 Å². The van der Waals surface area contributed by atoms with Gasteiger partial charge in [0.15, 0.2) is 0 Å². The lowest BCUT2D eigenvalue weighted by molar-refractivity contribution is 0.304. The summed E-state index contributed by atoms with van der Waals surface area (Å²) in [4.78, 5) is 1.35. The molecule has 0 bridgehead atoms. The van der Waals surface area contributed by atoms with Gasteiger partial charge in [-0.05, 0) is 36.6 Å². The molecule has 3 atom stereocenters. The van der Waals surface area contributed by atoms with Crippen LogP contribution in [0.2, 0.25) is 0 Å². The molecule has 0 spiro atoms. The van der Waals surface area contributed by atoms with Gasteiger partial charge in [-0.3, -0.25) is 0 Å². The molecule has 5 heteroatoms. The zero-order valence-corrected chi connectivity index (χ0v) is 14.1. The molecule has 114 valence electrons. The molecular weight excluding hydrogens is 290 g/mol. The van der Waals surface area contributed by atoms with Crippen LogP contribution in [-0.2, 0) is 9.84 Å². The first-order valence-electron chi connectivity index (χ1n) is 7.36. The Morgan fingerprint density at radius 1 is 1.35 bits per heavy atom. The van der Waals surface area contributed by atoms with E-state index < -0.39 is 9.84 Å². The molecule has 2 rings (SSSR count). The van der Waals surface area contributed by atoms with Crippen LogP contribution >= 0.6 is 11.3 Å². The van der Waals surface area contributed by atoms with Crippen molar-refractivity contribution < 1.29 is 8.42 Å². The molecule has 1 saturated carbocycles. The van der Waals surface area contributed by atoms with Gasteiger partial charge in [-0.1, -0.05) is 26.3 Å². The molecule has 0 aliphatic heterocycles. The van der Waals surface area contributed by atoms with Gasteiger partial charge in [0, 0.05) is 23.2 Å².